The lowest BCUT2D eigenvalue weighted by atomic mass is 10.1. The lowest BCUT2D eigenvalue weighted by Gasteiger charge is -2.25. The Labute approximate surface area is 169 Å². The number of nitrogens with zero attached hydrogens (tertiary/aromatic N) is 1. The van der Waals surface area contributed by atoms with Gasteiger partial charge in [0, 0.05) is 5.69 Å². The highest BCUT2D eigenvalue weighted by Gasteiger charge is 2.22. The van der Waals surface area contributed by atoms with E-state index in [1.807, 2.05) is 37.3 Å². The molecule has 2 N–H and O–H groups in total. The monoisotopic (exact) mass is 407 g/mol. The fraction of sp³-hybridized carbons (Fsp3) is 0.300. The van der Waals surface area contributed by atoms with Crippen LogP contribution in [0.15, 0.2) is 48.5 Å². The summed E-state index contributed by atoms with van der Waals surface area (Å²) >= 11 is 11.8. The number of carbonyl (C=O) groups excluding carboxylic acids is 2. The van der Waals surface area contributed by atoms with Gasteiger partial charge in [-0.25, -0.2) is 0 Å². The van der Waals surface area contributed by atoms with Crippen molar-refractivity contribution in [1.82, 2.24) is 10.2 Å². The molecule has 0 aliphatic carbocycles. The van der Waals surface area contributed by atoms with E-state index in [1.165, 1.54) is 0 Å². The topological polar surface area (TPSA) is 61.4 Å². The maximum absolute atomic E-state index is 12.5. The third kappa shape index (κ3) is 6.24. The molecule has 0 saturated heterocycles. The molecule has 144 valence electrons. The first-order valence-electron chi connectivity index (χ1n) is 8.58. The van der Waals surface area contributed by atoms with Gasteiger partial charge in [0.25, 0.3) is 0 Å². The molecule has 0 saturated carbocycles. The number of amides is 2. The normalized spacial score (nSPS) is 13.1. The van der Waals surface area contributed by atoms with Gasteiger partial charge < -0.3 is 10.6 Å². The smallest absolute Gasteiger partial charge is 0.238 e. The lowest BCUT2D eigenvalue weighted by Crippen LogP contribution is -2.46. The standard InChI is InChI=1S/C20H23Cl2N3O2/c1-13(15-7-5-4-6-8-15)23-20(27)14(2)25(3)12-19(26)24-16-9-10-17(21)18(22)11-16/h4-11,13-14H,12H2,1-3H3,(H,23,27)(H,24,26)/t13-,14-/m0/s1. The van der Waals surface area contributed by atoms with E-state index in [9.17, 15) is 9.59 Å². The first-order chi connectivity index (χ1) is 12.8. The third-order valence-electron chi connectivity index (χ3n) is 4.30. The molecule has 0 aliphatic heterocycles. The average molecular weight is 408 g/mol. The van der Waals surface area contributed by atoms with Crippen LogP contribution in [-0.4, -0.2) is 36.3 Å². The molecular formula is C20H23Cl2N3O2. The van der Waals surface area contributed by atoms with E-state index >= 15 is 0 Å². The minimum absolute atomic E-state index is 0.0640. The van der Waals surface area contributed by atoms with Crippen molar-refractivity contribution >= 4 is 40.7 Å². The van der Waals surface area contributed by atoms with Crippen molar-refractivity contribution in [1.29, 1.82) is 0 Å². The molecule has 2 rings (SSSR count). The highest BCUT2D eigenvalue weighted by molar-refractivity contribution is 6.42. The Morgan fingerprint density at radius 1 is 1.04 bits per heavy atom. The van der Waals surface area contributed by atoms with Gasteiger partial charge in [0.15, 0.2) is 0 Å². The number of nitrogens with one attached hydrogen (secondary N) is 2. The molecule has 0 fully saturated rings. The average Bonchev–Trinajstić information content (AvgIpc) is 2.64. The van der Waals surface area contributed by atoms with Gasteiger partial charge in [-0.1, -0.05) is 53.5 Å². The van der Waals surface area contributed by atoms with Gasteiger partial charge in [-0.3, -0.25) is 14.5 Å². The van der Waals surface area contributed by atoms with Crippen LogP contribution in [-0.2, 0) is 9.59 Å². The summed E-state index contributed by atoms with van der Waals surface area (Å²) in [5.41, 5.74) is 1.58. The number of rotatable bonds is 7. The molecule has 0 bridgehead atoms. The predicted molar refractivity (Wildman–Crippen MR) is 110 cm³/mol. The van der Waals surface area contributed by atoms with Crippen molar-refractivity contribution in [2.45, 2.75) is 25.9 Å². The Balaban J connectivity index is 1.88. The molecule has 2 amide bonds. The zero-order valence-corrected chi connectivity index (χ0v) is 17.0. The number of hydrogen-bond acceptors (Lipinski definition) is 3. The highest BCUT2D eigenvalue weighted by Crippen LogP contribution is 2.25. The molecule has 0 spiro atoms. The van der Waals surface area contributed by atoms with E-state index < -0.39 is 6.04 Å². The van der Waals surface area contributed by atoms with Crippen LogP contribution in [0, 0.1) is 0 Å². The molecule has 0 aliphatic rings. The van der Waals surface area contributed by atoms with Crippen molar-refractivity contribution in [2.75, 3.05) is 18.9 Å². The molecule has 0 radical (unpaired) electrons. The molecule has 2 aromatic rings. The third-order valence-corrected chi connectivity index (χ3v) is 5.03. The van der Waals surface area contributed by atoms with Gasteiger partial charge in [0.1, 0.15) is 0 Å². The van der Waals surface area contributed by atoms with Crippen LogP contribution < -0.4 is 10.6 Å². The second kappa shape index (κ2) is 9.74. The fourth-order valence-electron chi connectivity index (χ4n) is 2.50. The Morgan fingerprint density at radius 3 is 2.33 bits per heavy atom. The summed E-state index contributed by atoms with van der Waals surface area (Å²) in [6.07, 6.45) is 0. The van der Waals surface area contributed by atoms with Crippen LogP contribution in [0.5, 0.6) is 0 Å². The zero-order valence-electron chi connectivity index (χ0n) is 15.5. The number of halogens is 2. The molecule has 7 heteroatoms. The molecule has 0 aromatic heterocycles. The number of carbonyl (C=O) groups is 2. The Morgan fingerprint density at radius 2 is 1.70 bits per heavy atom. The highest BCUT2D eigenvalue weighted by atomic mass is 35.5. The molecule has 27 heavy (non-hydrogen) atoms. The van der Waals surface area contributed by atoms with Gasteiger partial charge >= 0.3 is 0 Å². The Kier molecular flexibility index (Phi) is 7.66. The molecule has 2 atom stereocenters. The maximum Gasteiger partial charge on any atom is 0.238 e. The fourth-order valence-corrected chi connectivity index (χ4v) is 2.80. The van der Waals surface area contributed by atoms with E-state index in [0.29, 0.717) is 15.7 Å². The summed E-state index contributed by atoms with van der Waals surface area (Å²) < 4.78 is 0. The second-order valence-corrected chi connectivity index (χ2v) is 7.22. The van der Waals surface area contributed by atoms with Crippen LogP contribution in [0.2, 0.25) is 10.0 Å². The quantitative estimate of drug-likeness (QED) is 0.724. The molecule has 0 unspecified atom stereocenters. The minimum Gasteiger partial charge on any atom is -0.348 e. The minimum atomic E-state index is -0.462. The van der Waals surface area contributed by atoms with Gasteiger partial charge in [-0.05, 0) is 44.7 Å². The van der Waals surface area contributed by atoms with E-state index in [-0.39, 0.29) is 24.4 Å². The maximum atomic E-state index is 12.5. The van der Waals surface area contributed by atoms with Gasteiger partial charge in [0.2, 0.25) is 11.8 Å². The predicted octanol–water partition coefficient (Wildman–Crippen LogP) is 4.13. The van der Waals surface area contributed by atoms with Gasteiger partial charge in [0.05, 0.1) is 28.7 Å². The van der Waals surface area contributed by atoms with Crippen molar-refractivity contribution in [2.24, 2.45) is 0 Å². The number of anilines is 1. The van der Waals surface area contributed by atoms with Crippen LogP contribution in [0.4, 0.5) is 5.69 Å². The van der Waals surface area contributed by atoms with Crippen LogP contribution in [0.1, 0.15) is 25.5 Å². The first-order valence-corrected chi connectivity index (χ1v) is 9.34. The molecule has 0 heterocycles. The summed E-state index contributed by atoms with van der Waals surface area (Å²) in [4.78, 5) is 26.4. The number of benzene rings is 2. The summed E-state index contributed by atoms with van der Waals surface area (Å²) in [6, 6.07) is 14.0. The molecule has 2 aromatic carbocycles. The largest absolute Gasteiger partial charge is 0.348 e. The van der Waals surface area contributed by atoms with Crippen molar-refractivity contribution < 1.29 is 9.59 Å². The van der Waals surface area contributed by atoms with Crippen molar-refractivity contribution in [3.8, 4) is 0 Å². The van der Waals surface area contributed by atoms with Gasteiger partial charge in [-0.2, -0.15) is 0 Å². The second-order valence-electron chi connectivity index (χ2n) is 6.41. The van der Waals surface area contributed by atoms with E-state index in [0.717, 1.165) is 5.56 Å². The van der Waals surface area contributed by atoms with Gasteiger partial charge in [-0.15, -0.1) is 0 Å². The Bertz CT molecular complexity index is 799. The Hall–Kier alpha value is -2.08. The summed E-state index contributed by atoms with van der Waals surface area (Å²) in [5.74, 6) is -0.386. The van der Waals surface area contributed by atoms with Crippen LogP contribution >= 0.6 is 23.2 Å². The zero-order chi connectivity index (χ0) is 20.0. The summed E-state index contributed by atoms with van der Waals surface area (Å²) in [6.45, 7) is 3.75. The molecule has 5 nitrogen and oxygen atoms in total. The van der Waals surface area contributed by atoms with Crippen molar-refractivity contribution in [3.63, 3.8) is 0 Å². The lowest BCUT2D eigenvalue weighted by molar-refractivity contribution is -0.127. The molecular weight excluding hydrogens is 385 g/mol. The number of likely N-dealkylation sites (N-methyl/N-ethyl adjacent to an activating group) is 1. The van der Waals surface area contributed by atoms with E-state index in [4.69, 9.17) is 23.2 Å². The van der Waals surface area contributed by atoms with E-state index in [1.54, 1.807) is 37.1 Å². The van der Waals surface area contributed by atoms with Crippen molar-refractivity contribution in [3.05, 3.63) is 64.1 Å². The first kappa shape index (κ1) is 21.2. The van der Waals surface area contributed by atoms with Crippen LogP contribution in [0.25, 0.3) is 0 Å². The summed E-state index contributed by atoms with van der Waals surface area (Å²) in [5, 5.41) is 6.50. The SMILES string of the molecule is C[C@H](NC(=O)[C@H](C)N(C)CC(=O)Nc1ccc(Cl)c(Cl)c1)c1ccccc1. The van der Waals surface area contributed by atoms with E-state index in [2.05, 4.69) is 10.6 Å². The summed E-state index contributed by atoms with van der Waals surface area (Å²) in [7, 11) is 1.73. The number of hydrogen-bond donors (Lipinski definition) is 2. The van der Waals surface area contributed by atoms with Crippen LogP contribution in [0.3, 0.4) is 0 Å².